The van der Waals surface area contributed by atoms with Gasteiger partial charge >= 0.3 is 5.69 Å². The standard InChI is InChI=1S/C28H30N4O5/c1-31-25(34)21(18-30-27(31)36)16-24(33)32-12-9-28(10-13-32)17-20-5-3-7-23(15-20)37-22-6-2-4-19(14-22)8-11-29-26(28)35/h2-7,14-15,18H,8-13,16-17H2,1H3,(H,29,35)(H,30,36). The fourth-order valence-corrected chi connectivity index (χ4v) is 5.20. The predicted molar refractivity (Wildman–Crippen MR) is 138 cm³/mol. The van der Waals surface area contributed by atoms with Gasteiger partial charge in [0, 0.05) is 38.4 Å². The van der Waals surface area contributed by atoms with Gasteiger partial charge in [-0.2, -0.15) is 0 Å². The Morgan fingerprint density at radius 3 is 2.41 bits per heavy atom. The van der Waals surface area contributed by atoms with E-state index in [2.05, 4.69) is 10.3 Å². The summed E-state index contributed by atoms with van der Waals surface area (Å²) in [6.45, 7) is 1.33. The summed E-state index contributed by atoms with van der Waals surface area (Å²) >= 11 is 0. The number of amides is 2. The average molecular weight is 503 g/mol. The van der Waals surface area contributed by atoms with Crippen molar-refractivity contribution in [3.63, 3.8) is 0 Å². The van der Waals surface area contributed by atoms with E-state index in [0.717, 1.165) is 27.2 Å². The Hall–Kier alpha value is -4.14. The normalized spacial score (nSPS) is 17.1. The minimum absolute atomic E-state index is 0.00387. The van der Waals surface area contributed by atoms with Gasteiger partial charge in [-0.25, -0.2) is 4.79 Å². The second-order valence-electron chi connectivity index (χ2n) is 9.90. The summed E-state index contributed by atoms with van der Waals surface area (Å²) in [7, 11) is 1.38. The van der Waals surface area contributed by atoms with Gasteiger partial charge in [0.05, 0.1) is 11.8 Å². The smallest absolute Gasteiger partial charge is 0.328 e. The highest BCUT2D eigenvalue weighted by Gasteiger charge is 2.42. The molecule has 2 N–H and O–H groups in total. The first kappa shape index (κ1) is 24.5. The molecule has 0 saturated carbocycles. The quantitative estimate of drug-likeness (QED) is 0.556. The zero-order valence-electron chi connectivity index (χ0n) is 20.8. The van der Waals surface area contributed by atoms with Crippen LogP contribution in [0.4, 0.5) is 0 Å². The molecule has 9 heteroatoms. The van der Waals surface area contributed by atoms with E-state index in [-0.39, 0.29) is 23.8 Å². The number of hydrogen-bond acceptors (Lipinski definition) is 5. The van der Waals surface area contributed by atoms with Crippen LogP contribution in [0.5, 0.6) is 11.5 Å². The molecule has 0 aliphatic carbocycles. The Balaban J connectivity index is 1.34. The highest BCUT2D eigenvalue weighted by Crippen LogP contribution is 2.37. The van der Waals surface area contributed by atoms with E-state index in [1.807, 2.05) is 48.5 Å². The molecule has 2 aliphatic rings. The van der Waals surface area contributed by atoms with Crippen molar-refractivity contribution in [2.75, 3.05) is 19.6 Å². The first-order valence-corrected chi connectivity index (χ1v) is 12.5. The van der Waals surface area contributed by atoms with Gasteiger partial charge in [0.1, 0.15) is 11.5 Å². The molecule has 1 aromatic heterocycles. The molecule has 3 aromatic rings. The molecule has 2 aromatic carbocycles. The summed E-state index contributed by atoms with van der Waals surface area (Å²) in [6, 6.07) is 15.7. The van der Waals surface area contributed by atoms with E-state index in [0.29, 0.717) is 45.3 Å². The van der Waals surface area contributed by atoms with Crippen molar-refractivity contribution in [2.45, 2.75) is 32.1 Å². The minimum atomic E-state index is -0.657. The van der Waals surface area contributed by atoms with Crippen LogP contribution in [-0.2, 0) is 35.9 Å². The van der Waals surface area contributed by atoms with Crippen molar-refractivity contribution >= 4 is 11.8 Å². The van der Waals surface area contributed by atoms with E-state index < -0.39 is 16.7 Å². The van der Waals surface area contributed by atoms with Gasteiger partial charge < -0.3 is 19.9 Å². The maximum absolute atomic E-state index is 13.6. The lowest BCUT2D eigenvalue weighted by molar-refractivity contribution is -0.140. The number of rotatable bonds is 2. The van der Waals surface area contributed by atoms with E-state index in [9.17, 15) is 19.2 Å². The topological polar surface area (TPSA) is 114 Å². The highest BCUT2D eigenvalue weighted by molar-refractivity contribution is 5.84. The number of hydrogen-bond donors (Lipinski definition) is 2. The fourth-order valence-electron chi connectivity index (χ4n) is 5.20. The number of nitrogens with zero attached hydrogens (tertiary/aromatic N) is 2. The Morgan fingerprint density at radius 1 is 1.00 bits per heavy atom. The number of ether oxygens (including phenoxy) is 1. The number of likely N-dealkylation sites (tertiary alicyclic amines) is 1. The van der Waals surface area contributed by atoms with Crippen LogP contribution in [0, 0.1) is 5.41 Å². The summed E-state index contributed by atoms with van der Waals surface area (Å²) in [4.78, 5) is 54.7. The summed E-state index contributed by atoms with van der Waals surface area (Å²) in [5, 5.41) is 3.14. The summed E-state index contributed by atoms with van der Waals surface area (Å²) in [5.74, 6) is 1.29. The van der Waals surface area contributed by atoms with Crippen LogP contribution < -0.4 is 21.3 Å². The van der Waals surface area contributed by atoms with Crippen LogP contribution in [0.2, 0.25) is 0 Å². The third-order valence-corrected chi connectivity index (χ3v) is 7.42. The number of carbonyl (C=O) groups excluding carboxylic acids is 2. The molecule has 3 heterocycles. The predicted octanol–water partition coefficient (Wildman–Crippen LogP) is 1.93. The lowest BCUT2D eigenvalue weighted by Gasteiger charge is -2.41. The molecule has 37 heavy (non-hydrogen) atoms. The number of nitrogens with one attached hydrogen (secondary N) is 2. The Morgan fingerprint density at radius 2 is 1.68 bits per heavy atom. The zero-order chi connectivity index (χ0) is 26.0. The third-order valence-electron chi connectivity index (χ3n) is 7.42. The monoisotopic (exact) mass is 502 g/mol. The van der Waals surface area contributed by atoms with Gasteiger partial charge in [0.15, 0.2) is 0 Å². The molecule has 4 bridgehead atoms. The molecule has 9 nitrogen and oxygen atoms in total. The molecule has 1 spiro atoms. The number of fused-ring (bicyclic) bond motifs is 4. The zero-order valence-corrected chi connectivity index (χ0v) is 20.8. The van der Waals surface area contributed by atoms with E-state index in [1.165, 1.54) is 13.2 Å². The van der Waals surface area contributed by atoms with Gasteiger partial charge in [-0.1, -0.05) is 24.3 Å². The van der Waals surface area contributed by atoms with Gasteiger partial charge in [0.2, 0.25) is 11.8 Å². The van der Waals surface area contributed by atoms with Gasteiger partial charge in [-0.3, -0.25) is 19.0 Å². The van der Waals surface area contributed by atoms with Crippen LogP contribution in [-0.4, -0.2) is 45.9 Å². The van der Waals surface area contributed by atoms with Gasteiger partial charge in [0.25, 0.3) is 5.56 Å². The lowest BCUT2D eigenvalue weighted by Crippen LogP contribution is -2.52. The van der Waals surface area contributed by atoms with Crippen molar-refractivity contribution in [3.8, 4) is 11.5 Å². The van der Waals surface area contributed by atoms with Crippen molar-refractivity contribution in [1.29, 1.82) is 0 Å². The molecule has 1 fully saturated rings. The molecule has 192 valence electrons. The first-order valence-electron chi connectivity index (χ1n) is 12.5. The second kappa shape index (κ2) is 10.1. The van der Waals surface area contributed by atoms with Crippen molar-refractivity contribution in [1.82, 2.24) is 19.8 Å². The number of carbonyl (C=O) groups is 2. The first-order chi connectivity index (χ1) is 17.8. The van der Waals surface area contributed by atoms with E-state index >= 15 is 0 Å². The molecule has 0 atom stereocenters. The molecule has 5 rings (SSSR count). The van der Waals surface area contributed by atoms with Crippen LogP contribution in [0.15, 0.2) is 64.3 Å². The number of piperidine rings is 1. The maximum atomic E-state index is 13.6. The third kappa shape index (κ3) is 5.21. The number of aromatic nitrogens is 2. The van der Waals surface area contributed by atoms with Gasteiger partial charge in [-0.15, -0.1) is 0 Å². The van der Waals surface area contributed by atoms with Crippen molar-refractivity contribution in [2.24, 2.45) is 12.5 Å². The Labute approximate surface area is 214 Å². The Kier molecular flexibility index (Phi) is 6.69. The molecule has 2 amide bonds. The van der Waals surface area contributed by atoms with Crippen molar-refractivity contribution < 1.29 is 14.3 Å². The number of H-pyrrole nitrogens is 1. The second-order valence-corrected chi connectivity index (χ2v) is 9.90. The van der Waals surface area contributed by atoms with Crippen LogP contribution >= 0.6 is 0 Å². The van der Waals surface area contributed by atoms with Gasteiger partial charge in [-0.05, 0) is 61.1 Å². The molecular formula is C28H30N4O5. The molecule has 0 radical (unpaired) electrons. The highest BCUT2D eigenvalue weighted by atomic mass is 16.5. The van der Waals surface area contributed by atoms with Crippen LogP contribution in [0.3, 0.4) is 0 Å². The lowest BCUT2D eigenvalue weighted by atomic mass is 9.72. The molecule has 0 unspecified atom stereocenters. The SMILES string of the molecule is Cn1c(=O)[nH]cc(CC(=O)N2CCC3(CC2)Cc2cccc(c2)Oc2cccc(c2)CCNC3=O)c1=O. The van der Waals surface area contributed by atoms with E-state index in [4.69, 9.17) is 4.74 Å². The number of benzene rings is 2. The molecule has 2 aliphatic heterocycles. The van der Waals surface area contributed by atoms with Crippen LogP contribution in [0.25, 0.3) is 0 Å². The Bertz CT molecular complexity index is 1450. The van der Waals surface area contributed by atoms with E-state index in [1.54, 1.807) is 4.90 Å². The summed E-state index contributed by atoms with van der Waals surface area (Å²) < 4.78 is 7.06. The fraction of sp³-hybridized carbons (Fsp3) is 0.357. The van der Waals surface area contributed by atoms with Crippen molar-refractivity contribution in [3.05, 3.63) is 92.3 Å². The minimum Gasteiger partial charge on any atom is -0.457 e. The largest absolute Gasteiger partial charge is 0.457 e. The van der Waals surface area contributed by atoms with Crippen LogP contribution in [0.1, 0.15) is 29.5 Å². The number of aromatic amines is 1. The average Bonchev–Trinajstić information content (AvgIpc) is 2.89. The maximum Gasteiger partial charge on any atom is 0.328 e. The molecule has 1 saturated heterocycles. The summed E-state index contributed by atoms with van der Waals surface area (Å²) in [6.07, 6.45) is 3.45. The summed E-state index contributed by atoms with van der Waals surface area (Å²) in [5.41, 5.74) is 0.666. The molecular weight excluding hydrogens is 472 g/mol.